The highest BCUT2D eigenvalue weighted by atomic mass is 32.2. The molecule has 0 radical (unpaired) electrons. The van der Waals surface area contributed by atoms with Crippen LogP contribution in [0.4, 0.5) is 14.5 Å². The maximum Gasteiger partial charge on any atom is 0.271 e. The summed E-state index contributed by atoms with van der Waals surface area (Å²) in [5.41, 5.74) is 12.5. The molecule has 7 nitrogen and oxygen atoms in total. The summed E-state index contributed by atoms with van der Waals surface area (Å²) in [4.78, 5) is 0.392. The number of hydrazine groups is 3. The van der Waals surface area contributed by atoms with Gasteiger partial charge in [-0.3, -0.25) is 4.72 Å². The molecule has 1 aliphatic rings. The standard InChI is InChI=1S/C17H15F2N5O2S2/c18-11-4-5-13(14(19)9-11)15-6-7-16(27-15)28(25,26)22-12-3-1-2-10(8-12)17-20-23-24-21-17/h1-9,17,20-24H. The summed E-state index contributed by atoms with van der Waals surface area (Å²) in [6.07, 6.45) is -0.237. The maximum atomic E-state index is 14.0. The number of thiophene rings is 1. The fourth-order valence-electron chi connectivity index (χ4n) is 2.71. The number of sulfonamides is 1. The van der Waals surface area contributed by atoms with E-state index in [2.05, 4.69) is 26.6 Å². The molecule has 0 unspecified atom stereocenters. The molecule has 0 amide bonds. The second-order valence-corrected chi connectivity index (χ2v) is 8.94. The van der Waals surface area contributed by atoms with Gasteiger partial charge in [-0.25, -0.2) is 28.1 Å². The van der Waals surface area contributed by atoms with Crippen LogP contribution in [0.1, 0.15) is 11.7 Å². The van der Waals surface area contributed by atoms with Gasteiger partial charge in [-0.1, -0.05) is 12.1 Å². The molecule has 2 aromatic carbocycles. The molecule has 0 bridgehead atoms. The molecule has 11 heteroatoms. The number of benzene rings is 2. The largest absolute Gasteiger partial charge is 0.279 e. The van der Waals surface area contributed by atoms with E-state index in [-0.39, 0.29) is 15.9 Å². The van der Waals surface area contributed by atoms with Crippen LogP contribution >= 0.6 is 11.3 Å². The molecule has 0 spiro atoms. The Kier molecular flexibility index (Phi) is 5.10. The van der Waals surface area contributed by atoms with Gasteiger partial charge >= 0.3 is 0 Å². The molecule has 1 fully saturated rings. The molecule has 3 aromatic rings. The van der Waals surface area contributed by atoms with Crippen molar-refractivity contribution in [1.82, 2.24) is 21.9 Å². The number of nitrogens with one attached hydrogen (secondary N) is 5. The first-order valence-electron chi connectivity index (χ1n) is 8.11. The van der Waals surface area contributed by atoms with Crippen molar-refractivity contribution in [1.29, 1.82) is 0 Å². The van der Waals surface area contributed by atoms with Gasteiger partial charge < -0.3 is 0 Å². The van der Waals surface area contributed by atoms with E-state index < -0.39 is 21.7 Å². The van der Waals surface area contributed by atoms with Crippen molar-refractivity contribution in [2.45, 2.75) is 10.4 Å². The van der Waals surface area contributed by atoms with Gasteiger partial charge in [0.25, 0.3) is 10.0 Å². The lowest BCUT2D eigenvalue weighted by Crippen LogP contribution is -2.33. The van der Waals surface area contributed by atoms with Gasteiger partial charge in [0.2, 0.25) is 0 Å². The third kappa shape index (κ3) is 3.90. The molecular formula is C17H15F2N5O2S2. The fourth-order valence-corrected chi connectivity index (χ4v) is 5.09. The number of hydrogen-bond donors (Lipinski definition) is 5. The van der Waals surface area contributed by atoms with Crippen LogP contribution in [0.25, 0.3) is 10.4 Å². The summed E-state index contributed by atoms with van der Waals surface area (Å²) < 4.78 is 55.0. The van der Waals surface area contributed by atoms with E-state index >= 15 is 0 Å². The number of rotatable bonds is 5. The lowest BCUT2D eigenvalue weighted by Gasteiger charge is -2.12. The Morgan fingerprint density at radius 1 is 0.964 bits per heavy atom. The molecule has 2 heterocycles. The second kappa shape index (κ2) is 7.54. The van der Waals surface area contributed by atoms with E-state index in [0.29, 0.717) is 10.6 Å². The van der Waals surface area contributed by atoms with Crippen molar-refractivity contribution in [2.24, 2.45) is 0 Å². The summed E-state index contributed by atoms with van der Waals surface area (Å²) in [6, 6.07) is 12.9. The van der Waals surface area contributed by atoms with Gasteiger partial charge in [0.05, 0.1) is 0 Å². The Balaban J connectivity index is 1.58. The van der Waals surface area contributed by atoms with Crippen molar-refractivity contribution in [3.63, 3.8) is 0 Å². The number of hydrogen-bond acceptors (Lipinski definition) is 7. The highest BCUT2D eigenvalue weighted by molar-refractivity contribution is 7.94. The van der Waals surface area contributed by atoms with Crippen molar-refractivity contribution in [2.75, 3.05) is 4.72 Å². The summed E-state index contributed by atoms with van der Waals surface area (Å²) in [5.74, 6) is -1.44. The minimum absolute atomic E-state index is 0.0251. The lowest BCUT2D eigenvalue weighted by molar-refractivity contribution is 0.555. The van der Waals surface area contributed by atoms with Crippen LogP contribution in [0.15, 0.2) is 58.8 Å². The molecule has 1 aliphatic heterocycles. The lowest BCUT2D eigenvalue weighted by atomic mass is 10.1. The summed E-state index contributed by atoms with van der Waals surface area (Å²) in [5, 5.41) is 0. The molecule has 4 rings (SSSR count). The predicted octanol–water partition coefficient (Wildman–Crippen LogP) is 2.61. The first-order valence-corrected chi connectivity index (χ1v) is 10.4. The Morgan fingerprint density at radius 2 is 1.75 bits per heavy atom. The van der Waals surface area contributed by atoms with Gasteiger partial charge in [0.15, 0.2) is 0 Å². The molecule has 146 valence electrons. The van der Waals surface area contributed by atoms with E-state index in [0.717, 1.165) is 29.0 Å². The van der Waals surface area contributed by atoms with E-state index in [4.69, 9.17) is 0 Å². The quantitative estimate of drug-likeness (QED) is 0.433. The third-order valence-corrected chi connectivity index (χ3v) is 7.00. The van der Waals surface area contributed by atoms with Crippen LogP contribution in [0.3, 0.4) is 0 Å². The second-order valence-electron chi connectivity index (χ2n) is 5.95. The average Bonchev–Trinajstić information content (AvgIpc) is 3.34. The zero-order chi connectivity index (χ0) is 19.7. The summed E-state index contributed by atoms with van der Waals surface area (Å²) in [7, 11) is -3.86. The molecule has 1 aromatic heterocycles. The van der Waals surface area contributed by atoms with E-state index in [1.807, 2.05) is 6.07 Å². The first kappa shape index (κ1) is 18.9. The normalized spacial score (nSPS) is 15.1. The van der Waals surface area contributed by atoms with Crippen molar-refractivity contribution in [3.05, 3.63) is 71.8 Å². The van der Waals surface area contributed by atoms with Crippen LogP contribution in [-0.4, -0.2) is 8.42 Å². The highest BCUT2D eigenvalue weighted by Crippen LogP contribution is 2.33. The highest BCUT2D eigenvalue weighted by Gasteiger charge is 2.20. The van der Waals surface area contributed by atoms with Crippen molar-refractivity contribution in [3.8, 4) is 10.4 Å². The smallest absolute Gasteiger partial charge is 0.271 e. The Bertz CT molecular complexity index is 1110. The van der Waals surface area contributed by atoms with Gasteiger partial charge in [0, 0.05) is 22.2 Å². The molecule has 1 saturated heterocycles. The third-order valence-electron chi connectivity index (χ3n) is 4.01. The Hall–Kier alpha value is -2.41. The fraction of sp³-hybridized carbons (Fsp3) is 0.0588. The van der Waals surface area contributed by atoms with Crippen LogP contribution in [-0.2, 0) is 10.0 Å². The zero-order valence-electron chi connectivity index (χ0n) is 14.2. The topological polar surface area (TPSA) is 94.3 Å². The van der Waals surface area contributed by atoms with Gasteiger partial charge in [-0.05, 0) is 42.0 Å². The van der Waals surface area contributed by atoms with Crippen LogP contribution in [0.2, 0.25) is 0 Å². The summed E-state index contributed by atoms with van der Waals surface area (Å²) in [6.45, 7) is 0. The van der Waals surface area contributed by atoms with Gasteiger partial charge in [0.1, 0.15) is 22.0 Å². The van der Waals surface area contributed by atoms with E-state index in [1.54, 1.807) is 18.2 Å². The average molecular weight is 423 g/mol. The van der Waals surface area contributed by atoms with Crippen molar-refractivity contribution < 1.29 is 17.2 Å². The Labute approximate surface area is 163 Å². The van der Waals surface area contributed by atoms with Crippen molar-refractivity contribution >= 4 is 27.0 Å². The molecular weight excluding hydrogens is 408 g/mol. The minimum Gasteiger partial charge on any atom is -0.279 e. The van der Waals surface area contributed by atoms with E-state index in [9.17, 15) is 17.2 Å². The van der Waals surface area contributed by atoms with E-state index in [1.165, 1.54) is 18.2 Å². The molecule has 5 N–H and O–H groups in total. The Morgan fingerprint density at radius 3 is 2.50 bits per heavy atom. The van der Waals surface area contributed by atoms with Gasteiger partial charge in [-0.15, -0.1) is 11.3 Å². The van der Waals surface area contributed by atoms with Gasteiger partial charge in [-0.2, -0.15) is 11.1 Å². The summed E-state index contributed by atoms with van der Waals surface area (Å²) >= 11 is 0.904. The number of anilines is 1. The first-order chi connectivity index (χ1) is 13.4. The van der Waals surface area contributed by atoms with Crippen LogP contribution < -0.4 is 26.6 Å². The monoisotopic (exact) mass is 423 g/mol. The predicted molar refractivity (Wildman–Crippen MR) is 102 cm³/mol. The SMILES string of the molecule is O=S(=O)(Nc1cccc(C2NNNN2)c1)c1ccc(-c2ccc(F)cc2F)s1. The zero-order valence-corrected chi connectivity index (χ0v) is 15.8. The molecule has 28 heavy (non-hydrogen) atoms. The molecule has 0 atom stereocenters. The number of halogens is 2. The molecule has 0 saturated carbocycles. The minimum atomic E-state index is -3.86. The van der Waals surface area contributed by atoms with Crippen LogP contribution in [0, 0.1) is 11.6 Å². The van der Waals surface area contributed by atoms with Crippen LogP contribution in [0.5, 0.6) is 0 Å². The molecule has 0 aliphatic carbocycles. The maximum absolute atomic E-state index is 14.0.